The van der Waals surface area contributed by atoms with Crippen molar-refractivity contribution in [1.82, 2.24) is 24.1 Å². The molecule has 0 unspecified atom stereocenters. The van der Waals surface area contributed by atoms with Crippen LogP contribution in [0.2, 0.25) is 0 Å². The van der Waals surface area contributed by atoms with E-state index in [0.29, 0.717) is 5.69 Å². The van der Waals surface area contributed by atoms with Gasteiger partial charge in [0, 0.05) is 0 Å². The molecule has 0 atom stereocenters. The van der Waals surface area contributed by atoms with Crippen molar-refractivity contribution in [3.63, 3.8) is 0 Å². The van der Waals surface area contributed by atoms with Gasteiger partial charge in [0.15, 0.2) is 5.65 Å². The van der Waals surface area contributed by atoms with Gasteiger partial charge in [0.05, 0.1) is 22.9 Å². The summed E-state index contributed by atoms with van der Waals surface area (Å²) in [6, 6.07) is 9.10. The summed E-state index contributed by atoms with van der Waals surface area (Å²) >= 11 is 0. The Balaban J connectivity index is 2.04. The topological polar surface area (TPSA) is 111 Å². The van der Waals surface area contributed by atoms with Gasteiger partial charge < -0.3 is 10.8 Å². The van der Waals surface area contributed by atoms with E-state index in [0.717, 1.165) is 11.0 Å². The molecule has 0 aliphatic rings. The number of carbonyl (C=O) groups is 1. The predicted octanol–water partition coefficient (Wildman–Crippen LogP) is 1.35. The molecule has 0 fully saturated rings. The molecule has 1 aromatic carbocycles. The Morgan fingerprint density at radius 3 is 2.91 bits per heavy atom. The number of imidazole rings is 1. The van der Waals surface area contributed by atoms with E-state index in [2.05, 4.69) is 15.1 Å². The number of fused-ring (bicyclic) bond motifs is 2. The molecule has 22 heavy (non-hydrogen) atoms. The first-order valence-corrected chi connectivity index (χ1v) is 6.45. The molecule has 3 N–H and O–H groups in total. The zero-order valence-corrected chi connectivity index (χ0v) is 11.2. The molecule has 0 saturated heterocycles. The third kappa shape index (κ3) is 1.71. The molecule has 0 spiro atoms. The van der Waals surface area contributed by atoms with Crippen molar-refractivity contribution >= 4 is 28.6 Å². The maximum Gasteiger partial charge on any atom is 0.339 e. The van der Waals surface area contributed by atoms with Crippen LogP contribution in [0.25, 0.3) is 22.4 Å². The van der Waals surface area contributed by atoms with E-state index in [-0.39, 0.29) is 17.2 Å². The van der Waals surface area contributed by atoms with Gasteiger partial charge in [-0.05, 0) is 18.2 Å². The lowest BCUT2D eigenvalue weighted by Gasteiger charge is -2.06. The number of nitrogens with zero attached hydrogens (tertiary/aromatic N) is 5. The van der Waals surface area contributed by atoms with Crippen LogP contribution in [0.3, 0.4) is 0 Å². The number of benzene rings is 1. The molecule has 4 aromatic rings. The molecule has 0 amide bonds. The number of pyridine rings is 1. The summed E-state index contributed by atoms with van der Waals surface area (Å²) in [7, 11) is 0. The maximum absolute atomic E-state index is 11.5. The van der Waals surface area contributed by atoms with E-state index in [9.17, 15) is 9.90 Å². The summed E-state index contributed by atoms with van der Waals surface area (Å²) in [5.74, 6) is -1.07. The molecule has 4 rings (SSSR count). The summed E-state index contributed by atoms with van der Waals surface area (Å²) < 4.78 is 3.15. The summed E-state index contributed by atoms with van der Waals surface area (Å²) in [5.41, 5.74) is 8.10. The van der Waals surface area contributed by atoms with Crippen molar-refractivity contribution in [3.05, 3.63) is 48.4 Å². The van der Waals surface area contributed by atoms with Gasteiger partial charge in [-0.1, -0.05) is 12.1 Å². The Morgan fingerprint density at radius 1 is 1.27 bits per heavy atom. The molecule has 0 aliphatic carbocycles. The molecule has 0 saturated carbocycles. The third-order valence-corrected chi connectivity index (χ3v) is 3.40. The van der Waals surface area contributed by atoms with E-state index in [1.165, 1.54) is 10.6 Å². The highest BCUT2D eigenvalue weighted by atomic mass is 16.4. The fourth-order valence-electron chi connectivity index (χ4n) is 2.44. The molecule has 0 radical (unpaired) electrons. The van der Waals surface area contributed by atoms with E-state index >= 15 is 0 Å². The van der Waals surface area contributed by atoms with Gasteiger partial charge in [-0.3, -0.25) is 4.57 Å². The first-order chi connectivity index (χ1) is 10.6. The summed E-state index contributed by atoms with van der Waals surface area (Å²) in [6.45, 7) is 0. The largest absolute Gasteiger partial charge is 0.478 e. The normalized spacial score (nSPS) is 11.3. The van der Waals surface area contributed by atoms with Crippen LogP contribution in [0.4, 0.5) is 5.95 Å². The smallest absolute Gasteiger partial charge is 0.339 e. The minimum absolute atomic E-state index is 0.0233. The van der Waals surface area contributed by atoms with Gasteiger partial charge in [-0.25, -0.2) is 14.3 Å². The standard InChI is InChI=1S/C14H10N6O2/c15-14-17-12-9(13(21)22)5-8(6-20(12)18-14)19-7-16-10-3-1-2-4-11(10)19/h1-7H,(H2,15,18)(H,21,22). The number of carboxylic acids is 1. The second-order valence-electron chi connectivity index (χ2n) is 4.76. The highest BCUT2D eigenvalue weighted by molar-refractivity contribution is 5.95. The number of nitrogen functional groups attached to an aromatic ring is 1. The molecular weight excluding hydrogens is 284 g/mol. The van der Waals surface area contributed by atoms with Crippen LogP contribution < -0.4 is 5.73 Å². The van der Waals surface area contributed by atoms with Crippen LogP contribution in [-0.4, -0.2) is 35.2 Å². The van der Waals surface area contributed by atoms with E-state index in [4.69, 9.17) is 5.73 Å². The van der Waals surface area contributed by atoms with Crippen LogP contribution in [0.15, 0.2) is 42.9 Å². The number of anilines is 1. The SMILES string of the molecule is Nc1nc2c(C(=O)O)cc(-n3cnc4ccccc43)cn2n1. The second-order valence-corrected chi connectivity index (χ2v) is 4.76. The summed E-state index contributed by atoms with van der Waals surface area (Å²) in [6.07, 6.45) is 3.30. The molecule has 108 valence electrons. The van der Waals surface area contributed by atoms with Crippen LogP contribution in [0, 0.1) is 0 Å². The fraction of sp³-hybridized carbons (Fsp3) is 0. The number of rotatable bonds is 2. The lowest BCUT2D eigenvalue weighted by atomic mass is 10.2. The highest BCUT2D eigenvalue weighted by Crippen LogP contribution is 2.21. The quantitative estimate of drug-likeness (QED) is 0.577. The molecule has 3 heterocycles. The van der Waals surface area contributed by atoms with Crippen LogP contribution in [0.1, 0.15) is 10.4 Å². The van der Waals surface area contributed by atoms with Crippen LogP contribution >= 0.6 is 0 Å². The van der Waals surface area contributed by atoms with Gasteiger partial charge in [0.25, 0.3) is 0 Å². The predicted molar refractivity (Wildman–Crippen MR) is 79.0 cm³/mol. The van der Waals surface area contributed by atoms with E-state index < -0.39 is 5.97 Å². The van der Waals surface area contributed by atoms with E-state index in [1.807, 2.05) is 24.3 Å². The Hall–Kier alpha value is -3.42. The van der Waals surface area contributed by atoms with E-state index in [1.54, 1.807) is 17.1 Å². The van der Waals surface area contributed by atoms with Crippen molar-refractivity contribution in [2.75, 3.05) is 5.73 Å². The Morgan fingerprint density at radius 2 is 2.09 bits per heavy atom. The molecule has 0 aliphatic heterocycles. The first-order valence-electron chi connectivity index (χ1n) is 6.45. The Kier molecular flexibility index (Phi) is 2.40. The zero-order chi connectivity index (χ0) is 15.3. The van der Waals surface area contributed by atoms with Gasteiger partial charge in [-0.2, -0.15) is 4.98 Å². The molecule has 3 aromatic heterocycles. The number of hydrogen-bond acceptors (Lipinski definition) is 5. The monoisotopic (exact) mass is 294 g/mol. The highest BCUT2D eigenvalue weighted by Gasteiger charge is 2.16. The molecule has 8 nitrogen and oxygen atoms in total. The second kappa shape index (κ2) is 4.29. The number of carboxylic acid groups (broad SMARTS) is 1. The lowest BCUT2D eigenvalue weighted by molar-refractivity contribution is 0.0698. The summed E-state index contributed by atoms with van der Waals surface area (Å²) in [5, 5.41) is 13.4. The average Bonchev–Trinajstić information content (AvgIpc) is 3.07. The number of aromatic nitrogens is 5. The Bertz CT molecular complexity index is 1030. The molecule has 8 heteroatoms. The minimum Gasteiger partial charge on any atom is -0.478 e. The number of nitrogens with two attached hydrogens (primary N) is 1. The first kappa shape index (κ1) is 12.3. The fourth-order valence-corrected chi connectivity index (χ4v) is 2.44. The minimum atomic E-state index is -1.09. The number of aromatic carboxylic acids is 1. The van der Waals surface area contributed by atoms with Gasteiger partial charge >= 0.3 is 5.97 Å². The van der Waals surface area contributed by atoms with Crippen LogP contribution in [0.5, 0.6) is 0 Å². The van der Waals surface area contributed by atoms with Crippen molar-refractivity contribution in [2.45, 2.75) is 0 Å². The van der Waals surface area contributed by atoms with Gasteiger partial charge in [0.2, 0.25) is 5.95 Å². The van der Waals surface area contributed by atoms with Crippen LogP contribution in [-0.2, 0) is 0 Å². The maximum atomic E-state index is 11.5. The number of hydrogen-bond donors (Lipinski definition) is 2. The Labute approximate surface area is 123 Å². The van der Waals surface area contributed by atoms with Crippen molar-refractivity contribution < 1.29 is 9.90 Å². The third-order valence-electron chi connectivity index (χ3n) is 3.40. The molecular formula is C14H10N6O2. The zero-order valence-electron chi connectivity index (χ0n) is 11.2. The molecule has 0 bridgehead atoms. The van der Waals surface area contributed by atoms with Gasteiger partial charge in [0.1, 0.15) is 11.9 Å². The summed E-state index contributed by atoms with van der Waals surface area (Å²) in [4.78, 5) is 19.7. The number of para-hydroxylation sites is 2. The van der Waals surface area contributed by atoms with Gasteiger partial charge in [-0.15, -0.1) is 5.10 Å². The average molecular weight is 294 g/mol. The van der Waals surface area contributed by atoms with Crippen molar-refractivity contribution in [2.24, 2.45) is 0 Å². The lowest BCUT2D eigenvalue weighted by Crippen LogP contribution is -2.05. The van der Waals surface area contributed by atoms with Crippen molar-refractivity contribution in [3.8, 4) is 5.69 Å². The van der Waals surface area contributed by atoms with Crippen molar-refractivity contribution in [1.29, 1.82) is 0 Å².